The van der Waals surface area contributed by atoms with Gasteiger partial charge in [0.05, 0.1) is 4.34 Å². The van der Waals surface area contributed by atoms with E-state index in [-0.39, 0.29) is 17.9 Å². The molecule has 1 nitrogen and oxygen atoms in total. The van der Waals surface area contributed by atoms with Gasteiger partial charge in [-0.3, -0.25) is 0 Å². The summed E-state index contributed by atoms with van der Waals surface area (Å²) in [5.74, 6) is 0.214. The van der Waals surface area contributed by atoms with E-state index in [9.17, 15) is 4.39 Å². The van der Waals surface area contributed by atoms with Crippen molar-refractivity contribution in [3.63, 3.8) is 0 Å². The van der Waals surface area contributed by atoms with Crippen molar-refractivity contribution in [3.05, 3.63) is 57.0 Å². The van der Waals surface area contributed by atoms with Crippen LogP contribution in [-0.2, 0) is 0 Å². The molecule has 2 atom stereocenters. The fraction of sp³-hybridized carbons (Fsp3) is 0.375. The Hall–Kier alpha value is -0.900. The SMILES string of the molecule is CC(NC(c1ccc(F)cc1)C(C)C)c1csc(Cl)c1. The standard InChI is InChI=1S/C16H19ClFNS/c1-10(2)16(12-4-6-14(18)7-5-12)19-11(3)13-8-15(17)20-9-13/h4-11,16,19H,1-3H3. The summed E-state index contributed by atoms with van der Waals surface area (Å²) in [6.45, 7) is 6.44. The van der Waals surface area contributed by atoms with Crippen molar-refractivity contribution in [1.82, 2.24) is 5.32 Å². The van der Waals surface area contributed by atoms with Crippen LogP contribution in [0.15, 0.2) is 35.7 Å². The Morgan fingerprint density at radius 2 is 1.75 bits per heavy atom. The third-order valence-electron chi connectivity index (χ3n) is 3.41. The molecule has 1 N–H and O–H groups in total. The van der Waals surface area contributed by atoms with Gasteiger partial charge in [0.1, 0.15) is 5.82 Å². The molecule has 0 aliphatic heterocycles. The minimum absolute atomic E-state index is 0.185. The van der Waals surface area contributed by atoms with Crippen LogP contribution in [0.1, 0.15) is 44.0 Å². The molecule has 0 radical (unpaired) electrons. The normalized spacial score (nSPS) is 14.5. The van der Waals surface area contributed by atoms with Crippen LogP contribution in [0.5, 0.6) is 0 Å². The summed E-state index contributed by atoms with van der Waals surface area (Å²) in [6.07, 6.45) is 0. The molecular weight excluding hydrogens is 293 g/mol. The first kappa shape index (κ1) is 15.5. The van der Waals surface area contributed by atoms with Crippen LogP contribution < -0.4 is 5.32 Å². The highest BCUT2D eigenvalue weighted by atomic mass is 35.5. The van der Waals surface area contributed by atoms with E-state index in [0.717, 1.165) is 9.90 Å². The zero-order valence-electron chi connectivity index (χ0n) is 11.9. The van der Waals surface area contributed by atoms with E-state index in [1.165, 1.54) is 17.7 Å². The summed E-state index contributed by atoms with van der Waals surface area (Å²) in [5.41, 5.74) is 2.29. The molecule has 0 aliphatic rings. The molecule has 1 aromatic heterocycles. The lowest BCUT2D eigenvalue weighted by Gasteiger charge is -2.26. The lowest BCUT2D eigenvalue weighted by atomic mass is 9.94. The molecule has 2 rings (SSSR count). The number of benzene rings is 1. The van der Waals surface area contributed by atoms with Crippen LogP contribution in [0.3, 0.4) is 0 Å². The van der Waals surface area contributed by atoms with Crippen molar-refractivity contribution in [2.24, 2.45) is 5.92 Å². The largest absolute Gasteiger partial charge is 0.303 e. The Balaban J connectivity index is 2.15. The van der Waals surface area contributed by atoms with Gasteiger partial charge in [-0.25, -0.2) is 4.39 Å². The summed E-state index contributed by atoms with van der Waals surface area (Å²) in [6, 6.07) is 9.10. The molecule has 2 aromatic rings. The number of hydrogen-bond acceptors (Lipinski definition) is 2. The van der Waals surface area contributed by atoms with Gasteiger partial charge in [-0.15, -0.1) is 11.3 Å². The second-order valence-electron chi connectivity index (χ2n) is 5.35. The van der Waals surface area contributed by atoms with E-state index >= 15 is 0 Å². The van der Waals surface area contributed by atoms with E-state index in [1.54, 1.807) is 11.3 Å². The minimum Gasteiger partial charge on any atom is -0.303 e. The van der Waals surface area contributed by atoms with Crippen LogP contribution in [0.2, 0.25) is 4.34 Å². The first-order valence-electron chi connectivity index (χ1n) is 6.73. The van der Waals surface area contributed by atoms with Gasteiger partial charge in [0.25, 0.3) is 0 Å². The summed E-state index contributed by atoms with van der Waals surface area (Å²) in [7, 11) is 0. The first-order valence-corrected chi connectivity index (χ1v) is 7.98. The van der Waals surface area contributed by atoms with Crippen LogP contribution in [-0.4, -0.2) is 0 Å². The monoisotopic (exact) mass is 311 g/mol. The van der Waals surface area contributed by atoms with Crippen molar-refractivity contribution in [3.8, 4) is 0 Å². The highest BCUT2D eigenvalue weighted by Crippen LogP contribution is 2.29. The molecule has 20 heavy (non-hydrogen) atoms. The molecule has 0 saturated carbocycles. The summed E-state index contributed by atoms with van der Waals surface area (Å²) in [5, 5.41) is 5.68. The zero-order chi connectivity index (χ0) is 14.7. The molecule has 0 fully saturated rings. The Kier molecular flexibility index (Phi) is 5.19. The van der Waals surface area contributed by atoms with Crippen LogP contribution in [0, 0.1) is 11.7 Å². The fourth-order valence-corrected chi connectivity index (χ4v) is 3.24. The molecule has 0 bridgehead atoms. The third kappa shape index (κ3) is 3.81. The topological polar surface area (TPSA) is 12.0 Å². The molecule has 2 unspecified atom stereocenters. The first-order chi connectivity index (χ1) is 9.47. The van der Waals surface area contributed by atoms with Gasteiger partial charge in [0.2, 0.25) is 0 Å². The Morgan fingerprint density at radius 3 is 2.25 bits per heavy atom. The Morgan fingerprint density at radius 1 is 1.10 bits per heavy atom. The number of nitrogens with one attached hydrogen (secondary N) is 1. The van der Waals surface area contributed by atoms with Crippen LogP contribution >= 0.6 is 22.9 Å². The summed E-state index contributed by atoms with van der Waals surface area (Å²) in [4.78, 5) is 0. The van der Waals surface area contributed by atoms with E-state index in [4.69, 9.17) is 11.6 Å². The lowest BCUT2D eigenvalue weighted by molar-refractivity contribution is 0.374. The van der Waals surface area contributed by atoms with Crippen LogP contribution in [0.4, 0.5) is 4.39 Å². The highest BCUT2D eigenvalue weighted by molar-refractivity contribution is 7.14. The predicted molar refractivity (Wildman–Crippen MR) is 84.9 cm³/mol. The average Bonchev–Trinajstić information content (AvgIpc) is 2.83. The predicted octanol–water partition coefficient (Wildman–Crippen LogP) is 5.59. The van der Waals surface area contributed by atoms with Gasteiger partial charge >= 0.3 is 0 Å². The van der Waals surface area contributed by atoms with Crippen molar-refractivity contribution < 1.29 is 4.39 Å². The Bertz CT molecular complexity index is 550. The van der Waals surface area contributed by atoms with Gasteiger partial charge in [-0.1, -0.05) is 37.6 Å². The van der Waals surface area contributed by atoms with E-state index in [0.29, 0.717) is 5.92 Å². The number of rotatable bonds is 5. The second-order valence-corrected chi connectivity index (χ2v) is 6.89. The lowest BCUT2D eigenvalue weighted by Crippen LogP contribution is -2.28. The molecule has 0 aliphatic carbocycles. The molecule has 108 valence electrons. The van der Waals surface area contributed by atoms with Crippen LogP contribution in [0.25, 0.3) is 0 Å². The van der Waals surface area contributed by atoms with Crippen molar-refractivity contribution >= 4 is 22.9 Å². The maximum absolute atomic E-state index is 13.0. The summed E-state index contributed by atoms with van der Waals surface area (Å²) >= 11 is 7.53. The number of halogens is 2. The maximum Gasteiger partial charge on any atom is 0.123 e. The Labute approximate surface area is 128 Å². The van der Waals surface area contributed by atoms with Gasteiger partial charge < -0.3 is 5.32 Å². The van der Waals surface area contributed by atoms with E-state index in [1.807, 2.05) is 18.2 Å². The fourth-order valence-electron chi connectivity index (χ4n) is 2.26. The quantitative estimate of drug-likeness (QED) is 0.759. The number of hydrogen-bond donors (Lipinski definition) is 1. The summed E-state index contributed by atoms with van der Waals surface area (Å²) < 4.78 is 13.9. The smallest absolute Gasteiger partial charge is 0.123 e. The van der Waals surface area contributed by atoms with E-state index < -0.39 is 0 Å². The molecule has 1 aromatic carbocycles. The number of thiophene rings is 1. The molecule has 0 spiro atoms. The molecular formula is C16H19ClFNS. The van der Waals surface area contributed by atoms with Crippen molar-refractivity contribution in [2.75, 3.05) is 0 Å². The second kappa shape index (κ2) is 6.70. The highest BCUT2D eigenvalue weighted by Gasteiger charge is 2.19. The zero-order valence-corrected chi connectivity index (χ0v) is 13.4. The van der Waals surface area contributed by atoms with Gasteiger partial charge in [0, 0.05) is 12.1 Å². The van der Waals surface area contributed by atoms with Crippen molar-refractivity contribution in [1.29, 1.82) is 0 Å². The maximum atomic E-state index is 13.0. The van der Waals surface area contributed by atoms with Gasteiger partial charge in [0.15, 0.2) is 0 Å². The molecule has 0 amide bonds. The third-order valence-corrected chi connectivity index (χ3v) is 4.52. The molecule has 4 heteroatoms. The molecule has 0 saturated heterocycles. The molecule has 1 heterocycles. The van der Waals surface area contributed by atoms with Gasteiger partial charge in [-0.05, 0) is 47.5 Å². The average molecular weight is 312 g/mol. The van der Waals surface area contributed by atoms with Gasteiger partial charge in [-0.2, -0.15) is 0 Å². The minimum atomic E-state index is -0.200. The van der Waals surface area contributed by atoms with E-state index in [2.05, 4.69) is 31.5 Å². The van der Waals surface area contributed by atoms with Crippen molar-refractivity contribution in [2.45, 2.75) is 32.9 Å².